The number of aliphatic hydroxyl groups is 1. The number of rotatable bonds is 7. The Morgan fingerprint density at radius 2 is 2.25 bits per heavy atom. The van der Waals surface area contributed by atoms with Gasteiger partial charge < -0.3 is 20.2 Å². The third kappa shape index (κ3) is 4.02. The van der Waals surface area contributed by atoms with Crippen molar-refractivity contribution in [3.8, 4) is 0 Å². The fourth-order valence-corrected chi connectivity index (χ4v) is 2.77. The summed E-state index contributed by atoms with van der Waals surface area (Å²) in [6.07, 6.45) is 2.96. The minimum absolute atomic E-state index is 0.0247. The normalized spacial score (nSPS) is 14.1. The molecule has 3 rings (SSSR count). The molecule has 2 heterocycles. The molecule has 0 spiro atoms. The molecule has 0 bridgehead atoms. The van der Waals surface area contributed by atoms with Gasteiger partial charge in [-0.2, -0.15) is 0 Å². The van der Waals surface area contributed by atoms with Gasteiger partial charge in [-0.1, -0.05) is 12.1 Å². The third-order valence-electron chi connectivity index (χ3n) is 4.03. The molecule has 2 amide bonds. The largest absolute Gasteiger partial charge is 0.467 e. The Morgan fingerprint density at radius 1 is 1.38 bits per heavy atom. The van der Waals surface area contributed by atoms with E-state index in [2.05, 4.69) is 10.6 Å². The van der Waals surface area contributed by atoms with Gasteiger partial charge in [0.1, 0.15) is 11.9 Å². The van der Waals surface area contributed by atoms with Crippen molar-refractivity contribution in [3.05, 3.63) is 53.5 Å². The fourth-order valence-electron chi connectivity index (χ4n) is 2.77. The van der Waals surface area contributed by atoms with Gasteiger partial charge in [0.15, 0.2) is 0 Å². The maximum Gasteiger partial charge on any atom is 0.228 e. The summed E-state index contributed by atoms with van der Waals surface area (Å²) in [6, 6.07) is 9.27. The molecular formula is C18H20N2O4. The molecule has 0 aliphatic carbocycles. The van der Waals surface area contributed by atoms with Crippen molar-refractivity contribution >= 4 is 17.5 Å². The molecule has 24 heavy (non-hydrogen) atoms. The first-order valence-electron chi connectivity index (χ1n) is 8.01. The number of anilines is 1. The zero-order valence-corrected chi connectivity index (χ0v) is 13.2. The lowest BCUT2D eigenvalue weighted by Crippen LogP contribution is -2.28. The highest BCUT2D eigenvalue weighted by molar-refractivity contribution is 5.99. The quantitative estimate of drug-likeness (QED) is 0.724. The molecule has 1 aromatic carbocycles. The average Bonchev–Trinajstić information content (AvgIpc) is 3.20. The second-order valence-electron chi connectivity index (χ2n) is 5.91. The first kappa shape index (κ1) is 16.3. The topological polar surface area (TPSA) is 91.6 Å². The van der Waals surface area contributed by atoms with Crippen LogP contribution in [0, 0.1) is 0 Å². The van der Waals surface area contributed by atoms with Crippen LogP contribution in [0.15, 0.2) is 41.0 Å². The van der Waals surface area contributed by atoms with Crippen molar-refractivity contribution in [2.45, 2.75) is 31.8 Å². The monoisotopic (exact) mass is 328 g/mol. The van der Waals surface area contributed by atoms with E-state index in [1.807, 2.05) is 18.2 Å². The van der Waals surface area contributed by atoms with Crippen molar-refractivity contribution in [3.63, 3.8) is 0 Å². The highest BCUT2D eigenvalue weighted by Crippen LogP contribution is 2.24. The number of amides is 2. The zero-order chi connectivity index (χ0) is 16.9. The first-order chi connectivity index (χ1) is 11.6. The second kappa shape index (κ2) is 7.31. The van der Waals surface area contributed by atoms with E-state index < -0.39 is 6.10 Å². The molecule has 6 heteroatoms. The summed E-state index contributed by atoms with van der Waals surface area (Å²) in [5.74, 6) is 0.367. The Bertz CT molecular complexity index is 725. The van der Waals surface area contributed by atoms with Crippen LogP contribution in [0.3, 0.4) is 0 Å². The maximum absolute atomic E-state index is 11.8. The van der Waals surface area contributed by atoms with Crippen LogP contribution in [0.25, 0.3) is 0 Å². The van der Waals surface area contributed by atoms with Gasteiger partial charge in [-0.05, 0) is 42.2 Å². The molecular weight excluding hydrogens is 308 g/mol. The highest BCUT2D eigenvalue weighted by atomic mass is 16.4. The van der Waals surface area contributed by atoms with E-state index >= 15 is 0 Å². The molecule has 2 aromatic rings. The van der Waals surface area contributed by atoms with Crippen molar-refractivity contribution in [2.24, 2.45) is 0 Å². The molecule has 0 saturated carbocycles. The minimum atomic E-state index is -0.828. The van der Waals surface area contributed by atoms with E-state index in [0.717, 1.165) is 23.2 Å². The van der Waals surface area contributed by atoms with Crippen LogP contribution < -0.4 is 10.6 Å². The summed E-state index contributed by atoms with van der Waals surface area (Å²) in [6.45, 7) is 0.138. The number of hydrogen-bond acceptors (Lipinski definition) is 4. The van der Waals surface area contributed by atoms with Gasteiger partial charge in [-0.3, -0.25) is 9.59 Å². The van der Waals surface area contributed by atoms with Crippen molar-refractivity contribution in [1.29, 1.82) is 0 Å². The molecule has 1 atom stereocenters. The van der Waals surface area contributed by atoms with Crippen LogP contribution >= 0.6 is 0 Å². The average molecular weight is 328 g/mol. The van der Waals surface area contributed by atoms with Gasteiger partial charge in [0.2, 0.25) is 11.8 Å². The van der Waals surface area contributed by atoms with Gasteiger partial charge in [0, 0.05) is 12.1 Å². The van der Waals surface area contributed by atoms with Gasteiger partial charge in [-0.15, -0.1) is 0 Å². The van der Waals surface area contributed by atoms with Crippen LogP contribution in [-0.4, -0.2) is 23.5 Å². The smallest absolute Gasteiger partial charge is 0.228 e. The summed E-state index contributed by atoms with van der Waals surface area (Å²) < 4.78 is 5.08. The summed E-state index contributed by atoms with van der Waals surface area (Å²) in [5.41, 5.74) is 3.02. The number of furan rings is 1. The number of fused-ring (bicyclic) bond motifs is 1. The van der Waals surface area contributed by atoms with Crippen molar-refractivity contribution < 1.29 is 19.1 Å². The Hall–Kier alpha value is -2.60. The zero-order valence-electron chi connectivity index (χ0n) is 13.2. The SMILES string of the molecule is O=C(CCCc1ccc2c(c1)CC(=O)N2)NCC(O)c1ccco1. The Morgan fingerprint density at radius 3 is 3.04 bits per heavy atom. The highest BCUT2D eigenvalue weighted by Gasteiger charge is 2.17. The lowest BCUT2D eigenvalue weighted by molar-refractivity contribution is -0.121. The third-order valence-corrected chi connectivity index (χ3v) is 4.03. The van der Waals surface area contributed by atoms with E-state index in [-0.39, 0.29) is 18.4 Å². The second-order valence-corrected chi connectivity index (χ2v) is 5.91. The maximum atomic E-state index is 11.8. The van der Waals surface area contributed by atoms with Gasteiger partial charge in [0.25, 0.3) is 0 Å². The summed E-state index contributed by atoms with van der Waals surface area (Å²) in [7, 11) is 0. The molecule has 0 radical (unpaired) electrons. The van der Waals surface area contributed by atoms with Crippen LogP contribution in [0.5, 0.6) is 0 Å². The molecule has 1 aliphatic heterocycles. The van der Waals surface area contributed by atoms with E-state index in [4.69, 9.17) is 4.42 Å². The lowest BCUT2D eigenvalue weighted by Gasteiger charge is -2.09. The molecule has 6 nitrogen and oxygen atoms in total. The molecule has 1 aliphatic rings. The van der Waals surface area contributed by atoms with Crippen molar-refractivity contribution in [2.75, 3.05) is 11.9 Å². The van der Waals surface area contributed by atoms with E-state index in [1.165, 1.54) is 6.26 Å². The molecule has 3 N–H and O–H groups in total. The summed E-state index contributed by atoms with van der Waals surface area (Å²) in [4.78, 5) is 23.2. The van der Waals surface area contributed by atoms with Crippen LogP contribution in [-0.2, 0) is 22.4 Å². The predicted molar refractivity (Wildman–Crippen MR) is 88.4 cm³/mol. The summed E-state index contributed by atoms with van der Waals surface area (Å²) >= 11 is 0. The number of carbonyl (C=O) groups is 2. The molecule has 0 saturated heterocycles. The molecule has 126 valence electrons. The Balaban J connectivity index is 1.39. The van der Waals surface area contributed by atoms with E-state index in [0.29, 0.717) is 25.0 Å². The Labute approximate surface area is 139 Å². The minimum Gasteiger partial charge on any atom is -0.467 e. The number of carbonyl (C=O) groups excluding carboxylic acids is 2. The van der Waals surface area contributed by atoms with Gasteiger partial charge in [-0.25, -0.2) is 0 Å². The number of hydrogen-bond donors (Lipinski definition) is 3. The molecule has 1 unspecified atom stereocenters. The van der Waals surface area contributed by atoms with E-state index in [9.17, 15) is 14.7 Å². The predicted octanol–water partition coefficient (Wildman–Crippen LogP) is 1.95. The molecule has 1 aromatic heterocycles. The first-order valence-corrected chi connectivity index (χ1v) is 8.01. The molecule has 0 fully saturated rings. The van der Waals surface area contributed by atoms with Crippen LogP contribution in [0.1, 0.15) is 35.8 Å². The number of nitrogens with one attached hydrogen (secondary N) is 2. The number of benzene rings is 1. The van der Waals surface area contributed by atoms with Crippen LogP contribution in [0.2, 0.25) is 0 Å². The number of aryl methyl sites for hydroxylation is 1. The Kier molecular flexibility index (Phi) is 4.96. The van der Waals surface area contributed by atoms with Gasteiger partial charge >= 0.3 is 0 Å². The van der Waals surface area contributed by atoms with Crippen LogP contribution in [0.4, 0.5) is 5.69 Å². The van der Waals surface area contributed by atoms with Gasteiger partial charge in [0.05, 0.1) is 19.2 Å². The van der Waals surface area contributed by atoms with Crippen molar-refractivity contribution in [1.82, 2.24) is 5.32 Å². The number of aliphatic hydroxyl groups excluding tert-OH is 1. The standard InChI is InChI=1S/C18H20N2O4/c21-15(16-4-2-8-24-16)11-19-17(22)5-1-3-12-6-7-14-13(9-12)10-18(23)20-14/h2,4,6-9,15,21H,1,3,5,10-11H2,(H,19,22)(H,20,23). The summed E-state index contributed by atoms with van der Waals surface area (Å²) in [5, 5.41) is 15.3. The van der Waals surface area contributed by atoms with E-state index in [1.54, 1.807) is 12.1 Å². The fraction of sp³-hybridized carbons (Fsp3) is 0.333. The lowest BCUT2D eigenvalue weighted by atomic mass is 10.0.